The van der Waals surface area contributed by atoms with Gasteiger partial charge in [0.2, 0.25) is 5.91 Å². The fourth-order valence-electron chi connectivity index (χ4n) is 2.07. The Hall–Kier alpha value is -1.18. The summed E-state index contributed by atoms with van der Waals surface area (Å²) in [4.78, 5) is 28.7. The van der Waals surface area contributed by atoms with Crippen LogP contribution in [0.15, 0.2) is 0 Å². The number of nitrogens with one attached hydrogen (secondary N) is 1. The van der Waals surface area contributed by atoms with E-state index in [0.717, 1.165) is 12.8 Å². The first kappa shape index (κ1) is 13.9. The molecule has 17 heavy (non-hydrogen) atoms. The maximum Gasteiger partial charge on any atom is 0.327 e. The minimum absolute atomic E-state index is 0.116. The molecule has 1 amide bonds. The van der Waals surface area contributed by atoms with Crippen LogP contribution < -0.4 is 17.2 Å². The Kier molecular flexibility index (Phi) is 5.33. The normalized spacial score (nSPS) is 25.5. The van der Waals surface area contributed by atoms with Crippen molar-refractivity contribution in [2.75, 3.05) is 13.1 Å². The summed E-state index contributed by atoms with van der Waals surface area (Å²) in [6.07, 6.45) is 1.97. The van der Waals surface area contributed by atoms with Crippen LogP contribution in [0.5, 0.6) is 0 Å². The maximum absolute atomic E-state index is 11.1. The number of nitrogens with zero attached hydrogens (tertiary/aromatic N) is 1. The van der Waals surface area contributed by atoms with Crippen LogP contribution >= 0.6 is 0 Å². The van der Waals surface area contributed by atoms with Crippen LogP contribution in [0, 0.1) is 5.92 Å². The molecule has 0 aromatic heterocycles. The summed E-state index contributed by atoms with van der Waals surface area (Å²) in [6, 6.07) is 0.351. The molecular formula is C10H20N4O3. The molecule has 7 nitrogen and oxygen atoms in total. The summed E-state index contributed by atoms with van der Waals surface area (Å²) in [5.41, 5.74) is 7.15. The highest BCUT2D eigenvalue weighted by Crippen LogP contribution is 2.21. The van der Waals surface area contributed by atoms with E-state index in [1.54, 1.807) is 0 Å². The number of amides is 1. The number of primary amides is 1. The van der Waals surface area contributed by atoms with Gasteiger partial charge >= 0.3 is 5.97 Å². The van der Waals surface area contributed by atoms with Gasteiger partial charge < -0.3 is 10.6 Å². The highest BCUT2D eigenvalue weighted by Gasteiger charge is 2.28. The van der Waals surface area contributed by atoms with E-state index in [2.05, 4.69) is 16.7 Å². The van der Waals surface area contributed by atoms with Crippen molar-refractivity contribution in [1.29, 1.82) is 0 Å². The predicted octanol–water partition coefficient (Wildman–Crippen LogP) is -1.12. The number of likely N-dealkylation sites (tertiary alicyclic amines) is 1. The fourth-order valence-corrected chi connectivity index (χ4v) is 2.07. The number of hydrazine groups is 1. The molecular weight excluding hydrogens is 224 g/mol. The van der Waals surface area contributed by atoms with E-state index < -0.39 is 5.97 Å². The van der Waals surface area contributed by atoms with Crippen molar-refractivity contribution in [1.82, 2.24) is 10.5 Å². The molecule has 0 aromatic carbocycles. The molecule has 7 heteroatoms. The van der Waals surface area contributed by atoms with Crippen LogP contribution in [0.4, 0.5) is 0 Å². The Morgan fingerprint density at radius 3 is 2.76 bits per heavy atom. The summed E-state index contributed by atoms with van der Waals surface area (Å²) in [5, 5.41) is 0. The van der Waals surface area contributed by atoms with Crippen molar-refractivity contribution in [3.05, 3.63) is 0 Å². The van der Waals surface area contributed by atoms with E-state index >= 15 is 0 Å². The van der Waals surface area contributed by atoms with Gasteiger partial charge in [-0.05, 0) is 19.8 Å². The molecule has 1 aliphatic heterocycles. The van der Waals surface area contributed by atoms with Crippen LogP contribution in [0.3, 0.4) is 0 Å². The number of hydrogen-bond acceptors (Lipinski definition) is 6. The lowest BCUT2D eigenvalue weighted by Gasteiger charge is -2.36. The lowest BCUT2D eigenvalue weighted by molar-refractivity contribution is -0.151. The number of rotatable bonds is 5. The molecule has 0 aliphatic carbocycles. The summed E-state index contributed by atoms with van der Waals surface area (Å²) in [7, 11) is 0. The number of carbonyl (C=O) groups is 2. The Labute approximate surface area is 100 Å². The van der Waals surface area contributed by atoms with Crippen LogP contribution in [0.2, 0.25) is 0 Å². The third kappa shape index (κ3) is 4.29. The van der Waals surface area contributed by atoms with Crippen LogP contribution in [0.1, 0.15) is 26.2 Å². The van der Waals surface area contributed by atoms with E-state index in [-0.39, 0.29) is 18.2 Å². The second kappa shape index (κ2) is 6.53. The van der Waals surface area contributed by atoms with E-state index in [4.69, 9.17) is 11.6 Å². The Morgan fingerprint density at radius 1 is 1.47 bits per heavy atom. The average molecular weight is 244 g/mol. The van der Waals surface area contributed by atoms with Gasteiger partial charge in [-0.1, -0.05) is 5.59 Å². The number of carbonyl (C=O) groups excluding carboxylic acids is 2. The van der Waals surface area contributed by atoms with Gasteiger partial charge in [-0.15, -0.1) is 0 Å². The molecule has 0 aromatic rings. The topological polar surface area (TPSA) is 111 Å². The van der Waals surface area contributed by atoms with E-state index in [1.807, 2.05) is 5.59 Å². The zero-order chi connectivity index (χ0) is 12.8. The van der Waals surface area contributed by atoms with Gasteiger partial charge in [0.05, 0.1) is 12.3 Å². The Bertz CT molecular complexity index is 285. The Morgan fingerprint density at radius 2 is 2.18 bits per heavy atom. The van der Waals surface area contributed by atoms with Crippen LogP contribution in [0.25, 0.3) is 0 Å². The number of piperidine rings is 1. The van der Waals surface area contributed by atoms with Crippen molar-refractivity contribution in [3.63, 3.8) is 0 Å². The van der Waals surface area contributed by atoms with Gasteiger partial charge in [0.1, 0.15) is 0 Å². The molecule has 1 rings (SSSR count). The van der Waals surface area contributed by atoms with Crippen LogP contribution in [-0.4, -0.2) is 35.9 Å². The standard InChI is InChI=1S/C10H20N4O3/c1-7-2-3-8(10(11)16)6-14(7)5-4-9(15)17-13-12/h7-8,13H,2-6,12H2,1H3,(H2,11,16). The van der Waals surface area contributed by atoms with Crippen LogP contribution in [-0.2, 0) is 14.4 Å². The zero-order valence-electron chi connectivity index (χ0n) is 10.0. The quantitative estimate of drug-likeness (QED) is 0.417. The molecule has 1 heterocycles. The van der Waals surface area contributed by atoms with Crippen molar-refractivity contribution >= 4 is 11.9 Å². The van der Waals surface area contributed by atoms with Gasteiger partial charge in [-0.3, -0.25) is 14.5 Å². The number of hydrogen-bond donors (Lipinski definition) is 3. The molecule has 2 atom stereocenters. The smallest absolute Gasteiger partial charge is 0.327 e. The Balaban J connectivity index is 2.39. The molecule has 1 saturated heterocycles. The second-order valence-corrected chi connectivity index (χ2v) is 4.36. The first-order chi connectivity index (χ1) is 8.04. The van der Waals surface area contributed by atoms with Gasteiger partial charge in [-0.25, -0.2) is 5.84 Å². The fraction of sp³-hybridized carbons (Fsp3) is 0.800. The van der Waals surface area contributed by atoms with Gasteiger partial charge in [0.15, 0.2) is 0 Å². The third-order valence-electron chi connectivity index (χ3n) is 3.19. The highest BCUT2D eigenvalue weighted by molar-refractivity contribution is 5.77. The van der Waals surface area contributed by atoms with Crippen molar-refractivity contribution in [3.8, 4) is 0 Å². The lowest BCUT2D eigenvalue weighted by atomic mass is 9.93. The molecule has 0 bridgehead atoms. The largest absolute Gasteiger partial charge is 0.369 e. The second-order valence-electron chi connectivity index (χ2n) is 4.36. The maximum atomic E-state index is 11.1. The zero-order valence-corrected chi connectivity index (χ0v) is 10.0. The van der Waals surface area contributed by atoms with Gasteiger partial charge in [0, 0.05) is 19.1 Å². The first-order valence-electron chi connectivity index (χ1n) is 5.73. The average Bonchev–Trinajstić information content (AvgIpc) is 2.28. The van der Waals surface area contributed by atoms with Crippen molar-refractivity contribution in [2.24, 2.45) is 17.5 Å². The third-order valence-corrected chi connectivity index (χ3v) is 3.19. The predicted molar refractivity (Wildman–Crippen MR) is 61.0 cm³/mol. The summed E-state index contributed by atoms with van der Waals surface area (Å²) < 4.78 is 0. The van der Waals surface area contributed by atoms with Crippen molar-refractivity contribution in [2.45, 2.75) is 32.2 Å². The summed E-state index contributed by atoms with van der Waals surface area (Å²) in [6.45, 7) is 3.23. The minimum atomic E-state index is -0.416. The molecule has 1 fully saturated rings. The van der Waals surface area contributed by atoms with E-state index in [9.17, 15) is 9.59 Å². The molecule has 0 spiro atoms. The lowest BCUT2D eigenvalue weighted by Crippen LogP contribution is -2.46. The summed E-state index contributed by atoms with van der Waals surface area (Å²) >= 11 is 0. The molecule has 1 aliphatic rings. The molecule has 5 N–H and O–H groups in total. The van der Waals surface area contributed by atoms with Crippen molar-refractivity contribution < 1.29 is 14.4 Å². The molecule has 0 radical (unpaired) electrons. The first-order valence-corrected chi connectivity index (χ1v) is 5.73. The monoisotopic (exact) mass is 244 g/mol. The van der Waals surface area contributed by atoms with Gasteiger partial charge in [-0.2, -0.15) is 0 Å². The van der Waals surface area contributed by atoms with E-state index in [1.165, 1.54) is 0 Å². The summed E-state index contributed by atoms with van der Waals surface area (Å²) in [5.74, 6) is 4.06. The highest BCUT2D eigenvalue weighted by atomic mass is 16.7. The minimum Gasteiger partial charge on any atom is -0.369 e. The molecule has 98 valence electrons. The SMILES string of the molecule is CC1CCC(C(N)=O)CN1CCC(=O)ONN. The van der Waals surface area contributed by atoms with E-state index in [0.29, 0.717) is 19.1 Å². The molecule has 0 saturated carbocycles. The molecule has 2 unspecified atom stereocenters. The van der Waals surface area contributed by atoms with Gasteiger partial charge in [0.25, 0.3) is 0 Å². The number of nitrogens with two attached hydrogens (primary N) is 2.